The molecular formula is C7H9N3O3. The second kappa shape index (κ2) is 4.24. The van der Waals surface area contributed by atoms with Crippen molar-refractivity contribution in [3.05, 3.63) is 12.3 Å². The van der Waals surface area contributed by atoms with Crippen molar-refractivity contribution in [1.29, 1.82) is 0 Å². The van der Waals surface area contributed by atoms with Crippen LogP contribution in [0.2, 0.25) is 0 Å². The molecule has 1 N–H and O–H groups in total. The van der Waals surface area contributed by atoms with E-state index < -0.39 is 5.97 Å². The van der Waals surface area contributed by atoms with Crippen LogP contribution in [-0.4, -0.2) is 22.2 Å². The maximum Gasteiger partial charge on any atom is 0.304 e. The predicted molar refractivity (Wildman–Crippen MR) is 43.7 cm³/mol. The van der Waals surface area contributed by atoms with E-state index >= 15 is 0 Å². The number of carbonyl (C=O) groups is 2. The van der Waals surface area contributed by atoms with Gasteiger partial charge in [0.05, 0.1) is 6.20 Å². The molecule has 6 heteroatoms. The van der Waals surface area contributed by atoms with Crippen LogP contribution in [0.3, 0.4) is 0 Å². The highest BCUT2D eigenvalue weighted by Gasteiger charge is 2.01. The molecule has 6 nitrogen and oxygen atoms in total. The van der Waals surface area contributed by atoms with Gasteiger partial charge in [0, 0.05) is 13.0 Å². The molecular weight excluding hydrogens is 174 g/mol. The lowest BCUT2D eigenvalue weighted by atomic mass is 10.6. The Bertz CT molecular complexity index is 308. The van der Waals surface area contributed by atoms with E-state index in [-0.39, 0.29) is 6.73 Å². The number of rotatable bonds is 4. The zero-order valence-corrected chi connectivity index (χ0v) is 7.06. The summed E-state index contributed by atoms with van der Waals surface area (Å²) in [5.74, 6) is 0.0869. The summed E-state index contributed by atoms with van der Waals surface area (Å²) in [6.45, 7) is 1.30. The van der Waals surface area contributed by atoms with E-state index in [9.17, 15) is 9.59 Å². The summed E-state index contributed by atoms with van der Waals surface area (Å²) in [6, 6.07) is 1.60. The molecule has 1 heterocycles. The van der Waals surface area contributed by atoms with Crippen LogP contribution in [0.15, 0.2) is 12.3 Å². The molecule has 0 saturated carbocycles. The minimum atomic E-state index is -0.396. The van der Waals surface area contributed by atoms with Crippen LogP contribution in [-0.2, 0) is 21.1 Å². The Labute approximate surface area is 74.5 Å². The van der Waals surface area contributed by atoms with Gasteiger partial charge in [0.2, 0.25) is 6.41 Å². The van der Waals surface area contributed by atoms with Crippen LogP contribution in [0.25, 0.3) is 0 Å². The van der Waals surface area contributed by atoms with Crippen LogP contribution in [0.1, 0.15) is 6.92 Å². The van der Waals surface area contributed by atoms with Crippen molar-refractivity contribution in [3.8, 4) is 0 Å². The van der Waals surface area contributed by atoms with Gasteiger partial charge in [-0.3, -0.25) is 9.59 Å². The van der Waals surface area contributed by atoms with Crippen molar-refractivity contribution in [3.63, 3.8) is 0 Å². The van der Waals surface area contributed by atoms with Gasteiger partial charge in [0.1, 0.15) is 5.82 Å². The molecule has 0 atom stereocenters. The number of esters is 1. The number of carbonyl (C=O) groups excluding carboxylic acids is 2. The second-order valence-electron chi connectivity index (χ2n) is 2.24. The first-order valence-corrected chi connectivity index (χ1v) is 3.59. The summed E-state index contributed by atoms with van der Waals surface area (Å²) in [5, 5.41) is 6.23. The van der Waals surface area contributed by atoms with Gasteiger partial charge in [-0.25, -0.2) is 4.68 Å². The van der Waals surface area contributed by atoms with E-state index in [1.165, 1.54) is 17.8 Å². The van der Waals surface area contributed by atoms with Gasteiger partial charge in [-0.15, -0.1) is 0 Å². The van der Waals surface area contributed by atoms with Crippen molar-refractivity contribution in [2.45, 2.75) is 13.7 Å². The molecule has 0 fully saturated rings. The lowest BCUT2D eigenvalue weighted by Crippen LogP contribution is -2.11. The van der Waals surface area contributed by atoms with Crippen molar-refractivity contribution < 1.29 is 14.3 Å². The maximum absolute atomic E-state index is 10.5. The van der Waals surface area contributed by atoms with E-state index in [4.69, 9.17) is 0 Å². The molecule has 0 aliphatic carbocycles. The molecule has 1 amide bonds. The summed E-state index contributed by atoms with van der Waals surface area (Å²) in [4.78, 5) is 20.6. The average molecular weight is 183 g/mol. The van der Waals surface area contributed by atoms with Gasteiger partial charge in [0.15, 0.2) is 6.73 Å². The molecule has 1 rings (SSSR count). The minimum absolute atomic E-state index is 0.00148. The van der Waals surface area contributed by atoms with Gasteiger partial charge in [-0.1, -0.05) is 0 Å². The van der Waals surface area contributed by atoms with Crippen molar-refractivity contribution in [2.24, 2.45) is 0 Å². The van der Waals surface area contributed by atoms with Gasteiger partial charge < -0.3 is 10.1 Å². The summed E-state index contributed by atoms with van der Waals surface area (Å²) >= 11 is 0. The Kier molecular flexibility index (Phi) is 3.02. The summed E-state index contributed by atoms with van der Waals surface area (Å²) in [5.41, 5.74) is 0. The quantitative estimate of drug-likeness (QED) is 0.525. The molecule has 0 saturated heterocycles. The molecule has 1 aromatic heterocycles. The number of amides is 1. The van der Waals surface area contributed by atoms with E-state index in [1.54, 1.807) is 6.07 Å². The number of aromatic nitrogens is 2. The first-order chi connectivity index (χ1) is 6.24. The van der Waals surface area contributed by atoms with E-state index in [1.807, 2.05) is 0 Å². The van der Waals surface area contributed by atoms with Crippen molar-refractivity contribution in [1.82, 2.24) is 9.78 Å². The van der Waals surface area contributed by atoms with Crippen molar-refractivity contribution in [2.75, 3.05) is 5.32 Å². The van der Waals surface area contributed by atoms with Gasteiger partial charge in [-0.05, 0) is 0 Å². The summed E-state index contributed by atoms with van der Waals surface area (Å²) in [6.07, 6.45) is 2.02. The Morgan fingerprint density at radius 1 is 1.85 bits per heavy atom. The van der Waals surface area contributed by atoms with Gasteiger partial charge in [-0.2, -0.15) is 5.10 Å². The topological polar surface area (TPSA) is 73.2 Å². The average Bonchev–Trinajstić information content (AvgIpc) is 2.49. The lowest BCUT2D eigenvalue weighted by molar-refractivity contribution is -0.145. The molecule has 0 spiro atoms. The minimum Gasteiger partial charge on any atom is -0.442 e. The number of hydrogen-bond donors (Lipinski definition) is 1. The Balaban J connectivity index is 2.59. The highest BCUT2D eigenvalue weighted by molar-refractivity contribution is 5.68. The monoisotopic (exact) mass is 183 g/mol. The molecule has 0 radical (unpaired) electrons. The number of nitrogens with zero attached hydrogens (tertiary/aromatic N) is 2. The number of ether oxygens (including phenoxy) is 1. The highest BCUT2D eigenvalue weighted by atomic mass is 16.5. The molecule has 0 aromatic carbocycles. The van der Waals surface area contributed by atoms with Crippen LogP contribution in [0.5, 0.6) is 0 Å². The van der Waals surface area contributed by atoms with Crippen LogP contribution in [0, 0.1) is 0 Å². The van der Waals surface area contributed by atoms with Crippen LogP contribution < -0.4 is 5.32 Å². The smallest absolute Gasteiger partial charge is 0.304 e. The third-order valence-corrected chi connectivity index (χ3v) is 1.31. The van der Waals surface area contributed by atoms with Crippen LogP contribution in [0.4, 0.5) is 5.82 Å². The van der Waals surface area contributed by atoms with Gasteiger partial charge in [0.25, 0.3) is 0 Å². The zero-order chi connectivity index (χ0) is 9.68. The Morgan fingerprint density at radius 3 is 3.23 bits per heavy atom. The first kappa shape index (κ1) is 9.24. The fourth-order valence-electron chi connectivity index (χ4n) is 0.771. The van der Waals surface area contributed by atoms with Crippen molar-refractivity contribution >= 4 is 18.2 Å². The SMILES string of the molecule is CC(=O)OCn1nccc1NC=O. The predicted octanol–water partition coefficient (Wildman–Crippen LogP) is -0.0280. The fourth-order valence-corrected chi connectivity index (χ4v) is 0.771. The Morgan fingerprint density at radius 2 is 2.62 bits per heavy atom. The lowest BCUT2D eigenvalue weighted by Gasteiger charge is -2.05. The Hall–Kier alpha value is -1.85. The zero-order valence-electron chi connectivity index (χ0n) is 7.06. The van der Waals surface area contributed by atoms with E-state index in [0.717, 1.165) is 0 Å². The van der Waals surface area contributed by atoms with Crippen LogP contribution >= 0.6 is 0 Å². The molecule has 0 unspecified atom stereocenters. The molecule has 1 aromatic rings. The number of nitrogens with one attached hydrogen (secondary N) is 1. The third-order valence-electron chi connectivity index (χ3n) is 1.31. The molecule has 70 valence electrons. The van der Waals surface area contributed by atoms with Gasteiger partial charge >= 0.3 is 5.97 Å². The van der Waals surface area contributed by atoms with E-state index in [0.29, 0.717) is 12.2 Å². The molecule has 13 heavy (non-hydrogen) atoms. The largest absolute Gasteiger partial charge is 0.442 e. The standard InChI is InChI=1S/C7H9N3O3/c1-6(12)13-5-10-7(8-4-11)2-3-9-10/h2-4H,5H2,1H3,(H,8,11). The normalized spacial score (nSPS) is 9.31. The second-order valence-corrected chi connectivity index (χ2v) is 2.24. The highest BCUT2D eigenvalue weighted by Crippen LogP contribution is 2.04. The molecule has 0 bridgehead atoms. The summed E-state index contributed by atoms with van der Waals surface area (Å²) < 4.78 is 6.04. The van der Waals surface area contributed by atoms with E-state index in [2.05, 4.69) is 15.2 Å². The third kappa shape index (κ3) is 2.58. The number of hydrogen-bond acceptors (Lipinski definition) is 4. The number of anilines is 1. The maximum atomic E-state index is 10.5. The molecule has 0 aliphatic heterocycles. The first-order valence-electron chi connectivity index (χ1n) is 3.59. The molecule has 0 aliphatic rings. The summed E-state index contributed by atoms with van der Waals surface area (Å²) in [7, 11) is 0. The fraction of sp³-hybridized carbons (Fsp3) is 0.286.